The van der Waals surface area contributed by atoms with Gasteiger partial charge in [-0.2, -0.15) is 0 Å². The van der Waals surface area contributed by atoms with E-state index in [4.69, 9.17) is 10.5 Å². The van der Waals surface area contributed by atoms with E-state index in [1.807, 2.05) is 23.1 Å². The summed E-state index contributed by atoms with van der Waals surface area (Å²) in [5.41, 5.74) is 9.03. The third-order valence-electron chi connectivity index (χ3n) is 6.49. The fraction of sp³-hybridized carbons (Fsp3) is 0.417. The second-order valence-corrected chi connectivity index (χ2v) is 9.69. The van der Waals surface area contributed by atoms with Crippen LogP contribution in [0.1, 0.15) is 36.8 Å². The zero-order valence-corrected chi connectivity index (χ0v) is 18.5. The molecular formula is C24H28N4O2S. The number of aromatic nitrogens is 1. The molecule has 2 unspecified atom stereocenters. The van der Waals surface area contributed by atoms with Crippen LogP contribution in [0.25, 0.3) is 10.2 Å². The Morgan fingerprint density at radius 3 is 2.65 bits per heavy atom. The summed E-state index contributed by atoms with van der Waals surface area (Å²) in [5, 5.41) is 4.36. The number of urea groups is 1. The maximum absolute atomic E-state index is 11.6. The van der Waals surface area contributed by atoms with Gasteiger partial charge in [-0.3, -0.25) is 0 Å². The normalized spacial score (nSPS) is 22.7. The minimum absolute atomic E-state index is 0.255. The highest BCUT2D eigenvalue weighted by Crippen LogP contribution is 2.35. The van der Waals surface area contributed by atoms with Crippen molar-refractivity contribution in [3.8, 4) is 10.9 Å². The van der Waals surface area contributed by atoms with Crippen LogP contribution < -0.4 is 15.8 Å². The third-order valence-corrected chi connectivity index (χ3v) is 7.38. The van der Waals surface area contributed by atoms with Gasteiger partial charge in [-0.1, -0.05) is 29.5 Å². The maximum Gasteiger partial charge on any atom is 0.315 e. The van der Waals surface area contributed by atoms with Gasteiger partial charge in [0.05, 0.1) is 10.2 Å². The molecule has 2 aromatic carbocycles. The van der Waals surface area contributed by atoms with Crippen LogP contribution in [0.5, 0.6) is 10.9 Å². The molecule has 5 rings (SSSR count). The highest BCUT2D eigenvalue weighted by atomic mass is 32.1. The van der Waals surface area contributed by atoms with Crippen molar-refractivity contribution in [3.63, 3.8) is 0 Å². The lowest BCUT2D eigenvalue weighted by molar-refractivity contribution is 0.138. The Morgan fingerprint density at radius 2 is 1.94 bits per heavy atom. The topological polar surface area (TPSA) is 80.5 Å². The minimum atomic E-state index is -0.255. The minimum Gasteiger partial charge on any atom is -0.431 e. The Bertz CT molecular complexity index is 1070. The number of amides is 2. The third kappa shape index (κ3) is 4.38. The van der Waals surface area contributed by atoms with Crippen molar-refractivity contribution in [3.05, 3.63) is 53.6 Å². The standard InChI is InChI=1S/C24H28N4O2S/c1-15-2-9-21-22(12-15)31-24(27-21)30-20-7-3-16(4-8-20)10-11-26-17-13-18-5-6-19(14-17)28(18)23(25)29/h2-4,7-9,12,17-19,26H,5-6,10-11,13-14H2,1H3,(H2,25,29). The number of fused-ring (bicyclic) bond motifs is 3. The first-order valence-electron chi connectivity index (χ1n) is 11.0. The van der Waals surface area contributed by atoms with E-state index in [1.54, 1.807) is 11.3 Å². The number of nitrogens with two attached hydrogens (primary N) is 1. The molecule has 31 heavy (non-hydrogen) atoms. The highest BCUT2D eigenvalue weighted by molar-refractivity contribution is 7.20. The Labute approximate surface area is 186 Å². The second-order valence-electron chi connectivity index (χ2n) is 8.70. The fourth-order valence-electron chi connectivity index (χ4n) is 5.00. The van der Waals surface area contributed by atoms with Gasteiger partial charge in [-0.05, 0) is 81.0 Å². The monoisotopic (exact) mass is 436 g/mol. The number of ether oxygens (including phenoxy) is 1. The van der Waals surface area contributed by atoms with Gasteiger partial charge in [-0.15, -0.1) is 0 Å². The smallest absolute Gasteiger partial charge is 0.315 e. The number of primary amides is 1. The molecule has 2 fully saturated rings. The number of carbonyl (C=O) groups is 1. The molecule has 0 aliphatic carbocycles. The van der Waals surface area contributed by atoms with Gasteiger partial charge in [-0.25, -0.2) is 9.78 Å². The van der Waals surface area contributed by atoms with Crippen LogP contribution in [0, 0.1) is 6.92 Å². The molecule has 7 heteroatoms. The molecule has 3 N–H and O–H groups in total. The lowest BCUT2D eigenvalue weighted by atomic mass is 9.97. The number of nitrogens with one attached hydrogen (secondary N) is 1. The Kier molecular flexibility index (Phi) is 5.54. The predicted molar refractivity (Wildman–Crippen MR) is 124 cm³/mol. The zero-order chi connectivity index (χ0) is 21.4. The van der Waals surface area contributed by atoms with Crippen molar-refractivity contribution in [2.24, 2.45) is 5.73 Å². The second kappa shape index (κ2) is 8.48. The Morgan fingerprint density at radius 1 is 1.19 bits per heavy atom. The van der Waals surface area contributed by atoms with Gasteiger partial charge in [0, 0.05) is 18.1 Å². The molecular weight excluding hydrogens is 408 g/mol. The maximum atomic E-state index is 11.6. The molecule has 2 aliphatic rings. The molecule has 1 aromatic heterocycles. The zero-order valence-electron chi connectivity index (χ0n) is 17.7. The summed E-state index contributed by atoms with van der Waals surface area (Å²) in [6.45, 7) is 3.01. The van der Waals surface area contributed by atoms with Gasteiger partial charge in [0.1, 0.15) is 5.75 Å². The quantitative estimate of drug-likeness (QED) is 0.592. The molecule has 2 amide bonds. The molecule has 2 saturated heterocycles. The van der Waals surface area contributed by atoms with Crippen molar-refractivity contribution in [2.75, 3.05) is 6.54 Å². The Balaban J connectivity index is 1.12. The van der Waals surface area contributed by atoms with Crippen LogP contribution in [0.3, 0.4) is 0 Å². The number of hydrogen-bond acceptors (Lipinski definition) is 5. The van der Waals surface area contributed by atoms with Gasteiger partial charge < -0.3 is 20.7 Å². The molecule has 6 nitrogen and oxygen atoms in total. The van der Waals surface area contributed by atoms with Gasteiger partial charge >= 0.3 is 6.03 Å². The van der Waals surface area contributed by atoms with E-state index >= 15 is 0 Å². The van der Waals surface area contributed by atoms with Crippen molar-refractivity contribution in [1.82, 2.24) is 15.2 Å². The van der Waals surface area contributed by atoms with E-state index in [-0.39, 0.29) is 6.03 Å². The van der Waals surface area contributed by atoms with Crippen LogP contribution in [0.15, 0.2) is 42.5 Å². The van der Waals surface area contributed by atoms with Crippen LogP contribution in [-0.2, 0) is 6.42 Å². The first-order chi connectivity index (χ1) is 15.0. The summed E-state index contributed by atoms with van der Waals surface area (Å²) in [6.07, 6.45) is 5.15. The number of thiazole rings is 1. The first kappa shape index (κ1) is 20.3. The number of piperidine rings is 1. The highest BCUT2D eigenvalue weighted by Gasteiger charge is 2.42. The van der Waals surface area contributed by atoms with Crippen LogP contribution in [0.4, 0.5) is 4.79 Å². The summed E-state index contributed by atoms with van der Waals surface area (Å²) in [7, 11) is 0. The summed E-state index contributed by atoms with van der Waals surface area (Å²) in [5.74, 6) is 0.808. The molecule has 2 aliphatic heterocycles. The number of nitrogens with zero attached hydrogens (tertiary/aromatic N) is 2. The van der Waals surface area contributed by atoms with Gasteiger partial charge in [0.15, 0.2) is 0 Å². The molecule has 0 spiro atoms. The average molecular weight is 437 g/mol. The number of hydrogen-bond donors (Lipinski definition) is 2. The van der Waals surface area contributed by atoms with E-state index in [1.165, 1.54) is 11.1 Å². The number of benzene rings is 2. The molecule has 3 heterocycles. The van der Waals surface area contributed by atoms with Crippen LogP contribution in [0.2, 0.25) is 0 Å². The van der Waals surface area contributed by atoms with E-state index in [9.17, 15) is 4.79 Å². The van der Waals surface area contributed by atoms with E-state index in [0.29, 0.717) is 23.3 Å². The van der Waals surface area contributed by atoms with E-state index in [0.717, 1.165) is 54.6 Å². The molecule has 162 valence electrons. The molecule has 2 bridgehead atoms. The molecule has 2 atom stereocenters. The SMILES string of the molecule is Cc1ccc2nc(Oc3ccc(CCNC4CC5CCC(C4)N5C(N)=O)cc3)sc2c1. The van der Waals surface area contributed by atoms with Crippen LogP contribution in [-0.4, -0.2) is 40.6 Å². The van der Waals surface area contributed by atoms with Crippen molar-refractivity contribution < 1.29 is 9.53 Å². The van der Waals surface area contributed by atoms with Crippen molar-refractivity contribution in [2.45, 2.75) is 57.2 Å². The molecule has 0 radical (unpaired) electrons. The Hall–Kier alpha value is -2.64. The lowest BCUT2D eigenvalue weighted by Gasteiger charge is -2.38. The summed E-state index contributed by atoms with van der Waals surface area (Å²) in [6, 6.07) is 15.4. The lowest BCUT2D eigenvalue weighted by Crippen LogP contribution is -2.53. The predicted octanol–water partition coefficient (Wildman–Crippen LogP) is 4.60. The summed E-state index contributed by atoms with van der Waals surface area (Å²) in [4.78, 5) is 18.1. The molecule has 3 aromatic rings. The summed E-state index contributed by atoms with van der Waals surface area (Å²) < 4.78 is 7.11. The number of rotatable bonds is 6. The number of carbonyl (C=O) groups excluding carboxylic acids is 1. The van der Waals surface area contributed by atoms with Crippen molar-refractivity contribution >= 4 is 27.6 Å². The van der Waals surface area contributed by atoms with Gasteiger partial charge in [0.2, 0.25) is 0 Å². The molecule has 0 saturated carbocycles. The van der Waals surface area contributed by atoms with E-state index in [2.05, 4.69) is 41.5 Å². The van der Waals surface area contributed by atoms with E-state index < -0.39 is 0 Å². The number of aryl methyl sites for hydroxylation is 1. The summed E-state index contributed by atoms with van der Waals surface area (Å²) >= 11 is 1.57. The van der Waals surface area contributed by atoms with Gasteiger partial charge in [0.25, 0.3) is 5.19 Å². The first-order valence-corrected chi connectivity index (χ1v) is 11.8. The average Bonchev–Trinajstić information content (AvgIpc) is 3.26. The fourth-order valence-corrected chi connectivity index (χ4v) is 5.94. The van der Waals surface area contributed by atoms with Crippen molar-refractivity contribution in [1.29, 1.82) is 0 Å². The largest absolute Gasteiger partial charge is 0.431 e. The van der Waals surface area contributed by atoms with Crippen LogP contribution >= 0.6 is 11.3 Å².